The lowest BCUT2D eigenvalue weighted by Gasteiger charge is -2.19. The highest BCUT2D eigenvalue weighted by Crippen LogP contribution is 2.43. The number of ether oxygens (including phenoxy) is 2. The minimum Gasteiger partial charge on any atom is -0.462 e. The van der Waals surface area contributed by atoms with E-state index in [1.807, 2.05) is 0 Å². The highest BCUT2D eigenvalue weighted by atomic mass is 31.2. The van der Waals surface area contributed by atoms with Crippen LogP contribution in [0.5, 0.6) is 0 Å². The molecule has 0 saturated heterocycles. The van der Waals surface area contributed by atoms with Crippen LogP contribution in [-0.4, -0.2) is 49.3 Å². The smallest absolute Gasteiger partial charge is 0.462 e. The van der Waals surface area contributed by atoms with Crippen molar-refractivity contribution in [3.63, 3.8) is 0 Å². The fourth-order valence-electron chi connectivity index (χ4n) is 5.88. The molecular weight excluding hydrogens is 713 g/mol. The third-order valence-electron chi connectivity index (χ3n) is 9.19. The molecule has 0 saturated carbocycles. The van der Waals surface area contributed by atoms with E-state index in [1.54, 1.807) is 0 Å². The normalized spacial score (nSPS) is 13.7. The molecule has 0 aromatic carbocycles. The van der Waals surface area contributed by atoms with Gasteiger partial charge in [0.2, 0.25) is 0 Å². The summed E-state index contributed by atoms with van der Waals surface area (Å²) >= 11 is 0. The number of hydrogen-bond acceptors (Lipinski definition) is 8. The Labute approximate surface area is 336 Å². The third-order valence-corrected chi connectivity index (χ3v) is 10.2. The molecular formula is C45H82NO8P. The maximum Gasteiger partial charge on any atom is 0.472 e. The SMILES string of the molecule is CCCCCC/C=C/CCCCCCCCCCCC(=O)O[C@H](COC(=O)CCC/C=C/C/C=C/C/C=C/CCCCCCCC)COP(=O)(O)OCCN. The Morgan fingerprint density at radius 1 is 0.545 bits per heavy atom. The lowest BCUT2D eigenvalue weighted by atomic mass is 10.1. The van der Waals surface area contributed by atoms with Crippen LogP contribution in [0.25, 0.3) is 0 Å². The lowest BCUT2D eigenvalue weighted by Crippen LogP contribution is -2.29. The molecule has 1 unspecified atom stereocenters. The van der Waals surface area contributed by atoms with Crippen LogP contribution in [0.2, 0.25) is 0 Å². The standard InChI is InChI=1S/C45H82NO8P/c1-3-5-7-9-11-13-15-17-19-21-23-25-27-29-31-33-35-37-44(47)51-41-43(42-53-55(49,50)52-40-39-46)54-45(48)38-36-34-32-30-28-26-24-22-20-18-16-14-12-10-8-6-4-2/h14,16-17,19,23,25,29,31,43H,3-13,15,18,20-22,24,26-28,30,32-42,46H2,1-2H3,(H,49,50)/b16-14+,19-17+,25-23+,31-29+/t43-/m1/s1. The molecule has 9 nitrogen and oxygen atoms in total. The van der Waals surface area contributed by atoms with Crippen molar-refractivity contribution in [2.45, 2.75) is 200 Å². The highest BCUT2D eigenvalue weighted by molar-refractivity contribution is 7.47. The van der Waals surface area contributed by atoms with Gasteiger partial charge < -0.3 is 20.1 Å². The zero-order valence-corrected chi connectivity index (χ0v) is 36.0. The van der Waals surface area contributed by atoms with Crippen LogP contribution >= 0.6 is 7.82 Å². The number of rotatable bonds is 41. The third kappa shape index (κ3) is 41.4. The first kappa shape index (κ1) is 53.0. The number of carbonyl (C=O) groups is 2. The predicted octanol–water partition coefficient (Wildman–Crippen LogP) is 12.7. The summed E-state index contributed by atoms with van der Waals surface area (Å²) < 4.78 is 32.7. The number of unbranched alkanes of at least 4 members (excludes halogenated alkanes) is 20. The number of carbonyl (C=O) groups excluding carboxylic acids is 2. The summed E-state index contributed by atoms with van der Waals surface area (Å²) in [6.07, 6.45) is 47.2. The Morgan fingerprint density at radius 2 is 0.964 bits per heavy atom. The molecule has 0 spiro atoms. The monoisotopic (exact) mass is 796 g/mol. The van der Waals surface area contributed by atoms with Crippen molar-refractivity contribution in [1.82, 2.24) is 0 Å². The summed E-state index contributed by atoms with van der Waals surface area (Å²) in [5.74, 6) is -0.891. The first-order valence-electron chi connectivity index (χ1n) is 22.1. The van der Waals surface area contributed by atoms with E-state index in [0.717, 1.165) is 44.9 Å². The van der Waals surface area contributed by atoms with E-state index < -0.39 is 32.5 Å². The molecule has 320 valence electrons. The Kier molecular flexibility index (Phi) is 40.1. The Bertz CT molecular complexity index is 1040. The second kappa shape index (κ2) is 41.6. The molecule has 55 heavy (non-hydrogen) atoms. The van der Waals surface area contributed by atoms with E-state index in [4.69, 9.17) is 24.3 Å². The van der Waals surface area contributed by atoms with E-state index >= 15 is 0 Å². The van der Waals surface area contributed by atoms with E-state index in [0.29, 0.717) is 12.8 Å². The Hall–Kier alpha value is -2.03. The molecule has 0 radical (unpaired) electrons. The summed E-state index contributed by atoms with van der Waals surface area (Å²) in [5.41, 5.74) is 5.34. The molecule has 0 aromatic heterocycles. The number of hydrogen-bond donors (Lipinski definition) is 2. The van der Waals surface area contributed by atoms with Gasteiger partial charge in [0.1, 0.15) is 6.61 Å². The maximum absolute atomic E-state index is 12.6. The van der Waals surface area contributed by atoms with E-state index in [2.05, 4.69) is 62.5 Å². The van der Waals surface area contributed by atoms with Crippen molar-refractivity contribution in [2.24, 2.45) is 5.73 Å². The molecule has 3 N–H and O–H groups in total. The number of esters is 2. The quantitative estimate of drug-likeness (QED) is 0.0268. The second-order valence-corrected chi connectivity index (χ2v) is 16.0. The van der Waals surface area contributed by atoms with Gasteiger partial charge in [-0.15, -0.1) is 0 Å². The van der Waals surface area contributed by atoms with E-state index in [9.17, 15) is 19.0 Å². The van der Waals surface area contributed by atoms with Gasteiger partial charge in [-0.1, -0.05) is 159 Å². The largest absolute Gasteiger partial charge is 0.472 e. The zero-order valence-electron chi connectivity index (χ0n) is 35.2. The van der Waals surface area contributed by atoms with Gasteiger partial charge >= 0.3 is 19.8 Å². The summed E-state index contributed by atoms with van der Waals surface area (Å²) in [6, 6.07) is 0. The molecule has 0 bridgehead atoms. The van der Waals surface area contributed by atoms with Crippen molar-refractivity contribution >= 4 is 19.8 Å². The Balaban J connectivity index is 4.22. The molecule has 0 rings (SSSR count). The first-order chi connectivity index (χ1) is 26.8. The van der Waals surface area contributed by atoms with Crippen LogP contribution < -0.4 is 5.73 Å². The summed E-state index contributed by atoms with van der Waals surface area (Å²) in [5, 5.41) is 0. The fourth-order valence-corrected chi connectivity index (χ4v) is 6.65. The van der Waals surface area contributed by atoms with Crippen LogP contribution in [0, 0.1) is 0 Å². The van der Waals surface area contributed by atoms with Crippen molar-refractivity contribution in [2.75, 3.05) is 26.4 Å². The van der Waals surface area contributed by atoms with Crippen LogP contribution in [-0.2, 0) is 32.7 Å². The summed E-state index contributed by atoms with van der Waals surface area (Å²) in [6.45, 7) is 3.66. The molecule has 0 amide bonds. The molecule has 0 aliphatic rings. The van der Waals surface area contributed by atoms with Crippen molar-refractivity contribution in [1.29, 1.82) is 0 Å². The number of allylic oxidation sites excluding steroid dienone is 8. The summed E-state index contributed by atoms with van der Waals surface area (Å²) in [7, 11) is -4.39. The average molecular weight is 796 g/mol. The molecule has 0 aliphatic heterocycles. The minimum atomic E-state index is -4.39. The van der Waals surface area contributed by atoms with Crippen LogP contribution in [0.15, 0.2) is 48.6 Å². The van der Waals surface area contributed by atoms with Gasteiger partial charge in [0.05, 0.1) is 13.2 Å². The van der Waals surface area contributed by atoms with Gasteiger partial charge in [0, 0.05) is 19.4 Å². The molecule has 2 atom stereocenters. The molecule has 10 heteroatoms. The zero-order chi connectivity index (χ0) is 40.3. The van der Waals surface area contributed by atoms with Crippen LogP contribution in [0.3, 0.4) is 0 Å². The van der Waals surface area contributed by atoms with Crippen molar-refractivity contribution in [3.05, 3.63) is 48.6 Å². The van der Waals surface area contributed by atoms with Crippen molar-refractivity contribution in [3.8, 4) is 0 Å². The minimum absolute atomic E-state index is 0.0456. The van der Waals surface area contributed by atoms with E-state index in [1.165, 1.54) is 109 Å². The fraction of sp³-hybridized carbons (Fsp3) is 0.778. The molecule has 0 aliphatic carbocycles. The van der Waals surface area contributed by atoms with Crippen LogP contribution in [0.4, 0.5) is 0 Å². The van der Waals surface area contributed by atoms with Gasteiger partial charge in [0.25, 0.3) is 0 Å². The number of nitrogens with two attached hydrogens (primary N) is 1. The average Bonchev–Trinajstić information content (AvgIpc) is 3.17. The number of phosphoric acid groups is 1. The van der Waals surface area contributed by atoms with Gasteiger partial charge in [0.15, 0.2) is 6.10 Å². The van der Waals surface area contributed by atoms with Crippen LogP contribution in [0.1, 0.15) is 194 Å². The predicted molar refractivity (Wildman–Crippen MR) is 229 cm³/mol. The molecule has 0 fully saturated rings. The highest BCUT2D eigenvalue weighted by Gasteiger charge is 2.26. The van der Waals surface area contributed by atoms with Gasteiger partial charge in [-0.3, -0.25) is 18.6 Å². The van der Waals surface area contributed by atoms with Gasteiger partial charge in [-0.2, -0.15) is 0 Å². The Morgan fingerprint density at radius 3 is 1.49 bits per heavy atom. The van der Waals surface area contributed by atoms with Crippen molar-refractivity contribution < 1.29 is 37.6 Å². The lowest BCUT2D eigenvalue weighted by molar-refractivity contribution is -0.161. The van der Waals surface area contributed by atoms with E-state index in [-0.39, 0.29) is 32.6 Å². The first-order valence-corrected chi connectivity index (χ1v) is 23.6. The molecule has 0 aromatic rings. The molecule has 0 heterocycles. The summed E-state index contributed by atoms with van der Waals surface area (Å²) in [4.78, 5) is 34.9. The van der Waals surface area contributed by atoms with Gasteiger partial charge in [-0.05, 0) is 70.6 Å². The van der Waals surface area contributed by atoms with Gasteiger partial charge in [-0.25, -0.2) is 4.57 Å². The number of phosphoric ester groups is 1. The topological polar surface area (TPSA) is 134 Å². The second-order valence-electron chi connectivity index (χ2n) is 14.6. The maximum atomic E-state index is 12.6.